The number of allylic oxidation sites excluding steroid dienone is 5. The minimum atomic E-state index is -0.347. The summed E-state index contributed by atoms with van der Waals surface area (Å²) in [5.41, 5.74) is 2.47. The number of ether oxygens (including phenoxy) is 3. The van der Waals surface area contributed by atoms with Crippen LogP contribution in [0.15, 0.2) is 82.8 Å². The maximum absolute atomic E-state index is 12.4. The van der Waals surface area contributed by atoms with E-state index in [1.54, 1.807) is 39.2 Å². The second kappa shape index (κ2) is 16.6. The molecule has 10 heteroatoms. The van der Waals surface area contributed by atoms with Crippen LogP contribution in [0.2, 0.25) is 0 Å². The van der Waals surface area contributed by atoms with Gasteiger partial charge in [0.05, 0.1) is 12.6 Å². The lowest BCUT2D eigenvalue weighted by atomic mass is 10.1. The van der Waals surface area contributed by atoms with Crippen LogP contribution in [0.3, 0.4) is 0 Å². The van der Waals surface area contributed by atoms with E-state index >= 15 is 0 Å². The Labute approximate surface area is 251 Å². The zero-order chi connectivity index (χ0) is 29.6. The molecular formula is C31H36Cl2N4O4. The van der Waals surface area contributed by atoms with E-state index in [1.807, 2.05) is 49.4 Å². The molecule has 0 aliphatic carbocycles. The molecule has 1 atom stereocenters. The molecule has 3 aromatic rings. The van der Waals surface area contributed by atoms with E-state index in [2.05, 4.69) is 20.6 Å². The SMILES string of the molecule is CCOC(CNC(=O)CCc1ccccc1)COc1cc2ncnc(NC(/C=C(\C)Cl)=C/C=C(\C)Cl)c2cc1OC. The molecule has 0 bridgehead atoms. The topological polar surface area (TPSA) is 94.6 Å². The first kappa shape index (κ1) is 31.9. The molecule has 0 saturated carbocycles. The van der Waals surface area contributed by atoms with E-state index in [9.17, 15) is 4.79 Å². The molecule has 0 fully saturated rings. The molecule has 41 heavy (non-hydrogen) atoms. The summed E-state index contributed by atoms with van der Waals surface area (Å²) >= 11 is 12.1. The van der Waals surface area contributed by atoms with Crippen molar-refractivity contribution < 1.29 is 19.0 Å². The van der Waals surface area contributed by atoms with Crippen LogP contribution in [0.4, 0.5) is 5.82 Å². The fraction of sp³-hybridized carbons (Fsp3) is 0.323. The number of nitrogens with zero attached hydrogens (tertiary/aromatic N) is 2. The molecule has 2 aromatic carbocycles. The number of aryl methyl sites for hydroxylation is 1. The lowest BCUT2D eigenvalue weighted by molar-refractivity contribution is -0.121. The van der Waals surface area contributed by atoms with Crippen LogP contribution in [0.25, 0.3) is 10.9 Å². The summed E-state index contributed by atoms with van der Waals surface area (Å²) in [5.74, 6) is 1.52. The molecular weight excluding hydrogens is 563 g/mol. The Morgan fingerprint density at radius 3 is 2.51 bits per heavy atom. The van der Waals surface area contributed by atoms with Crippen LogP contribution in [0.5, 0.6) is 11.5 Å². The van der Waals surface area contributed by atoms with Gasteiger partial charge in [0, 0.05) is 46.8 Å². The Balaban J connectivity index is 1.71. The van der Waals surface area contributed by atoms with Crippen molar-refractivity contribution in [2.24, 2.45) is 0 Å². The van der Waals surface area contributed by atoms with Gasteiger partial charge in [-0.1, -0.05) is 53.5 Å². The van der Waals surface area contributed by atoms with Crippen molar-refractivity contribution in [3.63, 3.8) is 0 Å². The third-order valence-electron chi connectivity index (χ3n) is 5.87. The molecule has 3 rings (SSSR count). The minimum Gasteiger partial charge on any atom is -0.493 e. The summed E-state index contributed by atoms with van der Waals surface area (Å²) < 4.78 is 17.6. The van der Waals surface area contributed by atoms with Gasteiger partial charge in [-0.25, -0.2) is 9.97 Å². The molecule has 1 heterocycles. The summed E-state index contributed by atoms with van der Waals surface area (Å²) in [6.07, 6.45) is 7.54. The van der Waals surface area contributed by atoms with Crippen molar-refractivity contribution in [2.75, 3.05) is 32.2 Å². The van der Waals surface area contributed by atoms with Crippen molar-refractivity contribution in [3.8, 4) is 11.5 Å². The second-order valence-electron chi connectivity index (χ2n) is 9.15. The van der Waals surface area contributed by atoms with Crippen molar-refractivity contribution in [1.29, 1.82) is 0 Å². The fourth-order valence-corrected chi connectivity index (χ4v) is 4.10. The van der Waals surface area contributed by atoms with E-state index in [1.165, 1.54) is 6.33 Å². The van der Waals surface area contributed by atoms with Gasteiger partial charge in [-0.15, -0.1) is 0 Å². The van der Waals surface area contributed by atoms with Gasteiger partial charge in [-0.3, -0.25) is 4.79 Å². The lowest BCUT2D eigenvalue weighted by Gasteiger charge is -2.20. The first-order valence-electron chi connectivity index (χ1n) is 13.3. The largest absolute Gasteiger partial charge is 0.493 e. The van der Waals surface area contributed by atoms with E-state index in [0.717, 1.165) is 10.9 Å². The maximum atomic E-state index is 12.4. The van der Waals surface area contributed by atoms with Crippen molar-refractivity contribution in [1.82, 2.24) is 15.3 Å². The second-order valence-corrected chi connectivity index (χ2v) is 10.3. The van der Waals surface area contributed by atoms with Crippen LogP contribution in [0.1, 0.15) is 32.8 Å². The van der Waals surface area contributed by atoms with Crippen LogP contribution in [-0.2, 0) is 16.0 Å². The molecule has 2 N–H and O–H groups in total. The van der Waals surface area contributed by atoms with Crippen molar-refractivity contribution in [2.45, 2.75) is 39.7 Å². The summed E-state index contributed by atoms with van der Waals surface area (Å²) in [6.45, 7) is 6.49. The van der Waals surface area contributed by atoms with Crippen molar-refractivity contribution in [3.05, 3.63) is 88.3 Å². The fourth-order valence-electron chi connectivity index (χ4n) is 3.92. The normalized spacial score (nSPS) is 13.2. The number of benzene rings is 2. The number of fused-ring (bicyclic) bond motifs is 1. The number of carbonyl (C=O) groups excluding carboxylic acids is 1. The third-order valence-corrected chi connectivity index (χ3v) is 6.10. The van der Waals surface area contributed by atoms with Crippen LogP contribution in [0, 0.1) is 0 Å². The Hall–Kier alpha value is -3.59. The molecule has 0 saturated heterocycles. The quantitative estimate of drug-likeness (QED) is 0.187. The molecule has 1 aromatic heterocycles. The number of methoxy groups -OCH3 is 1. The molecule has 0 spiro atoms. The van der Waals surface area contributed by atoms with Crippen LogP contribution >= 0.6 is 23.2 Å². The highest BCUT2D eigenvalue weighted by Crippen LogP contribution is 2.34. The molecule has 0 radical (unpaired) electrons. The number of rotatable bonds is 15. The zero-order valence-corrected chi connectivity index (χ0v) is 25.3. The molecule has 0 aliphatic heterocycles. The highest BCUT2D eigenvalue weighted by molar-refractivity contribution is 6.29. The predicted molar refractivity (Wildman–Crippen MR) is 166 cm³/mol. The number of nitrogens with one attached hydrogen (secondary N) is 2. The standard InChI is InChI=1S/C31H36Cl2N4O4/c1-5-40-25(18-34-30(38)14-12-23-9-7-6-8-10-23)19-41-29-17-27-26(16-28(29)39-4)31(36-20-35-27)37-24(15-22(3)33)13-11-21(2)32/h6-11,13,15-17,20,25H,5,12,14,18-19H2,1-4H3,(H,34,38)(H,35,36,37)/b21-11+,22-15+,24-13+. The lowest BCUT2D eigenvalue weighted by Crippen LogP contribution is -2.37. The molecule has 0 aliphatic rings. The number of aromatic nitrogens is 2. The Kier molecular flexibility index (Phi) is 12.9. The minimum absolute atomic E-state index is 0.0390. The first-order chi connectivity index (χ1) is 19.8. The van der Waals surface area contributed by atoms with Gasteiger partial charge in [0.25, 0.3) is 0 Å². The summed E-state index contributed by atoms with van der Waals surface area (Å²) in [5, 5.41) is 8.17. The van der Waals surface area contributed by atoms with Gasteiger partial charge in [0.15, 0.2) is 11.5 Å². The van der Waals surface area contributed by atoms with Gasteiger partial charge in [0.2, 0.25) is 5.91 Å². The Morgan fingerprint density at radius 2 is 1.83 bits per heavy atom. The van der Waals surface area contributed by atoms with Gasteiger partial charge in [0.1, 0.15) is 24.9 Å². The number of anilines is 1. The number of hydrogen-bond acceptors (Lipinski definition) is 7. The van der Waals surface area contributed by atoms with Gasteiger partial charge in [-0.2, -0.15) is 0 Å². The van der Waals surface area contributed by atoms with Gasteiger partial charge >= 0.3 is 0 Å². The monoisotopic (exact) mass is 598 g/mol. The smallest absolute Gasteiger partial charge is 0.220 e. The van der Waals surface area contributed by atoms with Gasteiger partial charge < -0.3 is 24.8 Å². The average molecular weight is 600 g/mol. The molecule has 218 valence electrons. The van der Waals surface area contributed by atoms with Crippen LogP contribution in [-0.4, -0.2) is 48.8 Å². The predicted octanol–water partition coefficient (Wildman–Crippen LogP) is 6.75. The number of carbonyl (C=O) groups is 1. The summed E-state index contributed by atoms with van der Waals surface area (Å²) in [7, 11) is 1.57. The van der Waals surface area contributed by atoms with E-state index in [0.29, 0.717) is 64.6 Å². The average Bonchev–Trinajstić information content (AvgIpc) is 2.96. The Bertz CT molecular complexity index is 1390. The molecule has 1 amide bonds. The maximum Gasteiger partial charge on any atom is 0.220 e. The number of hydrogen-bond donors (Lipinski definition) is 2. The third kappa shape index (κ3) is 10.7. The van der Waals surface area contributed by atoms with E-state index in [4.69, 9.17) is 37.4 Å². The highest BCUT2D eigenvalue weighted by Gasteiger charge is 2.16. The van der Waals surface area contributed by atoms with Crippen molar-refractivity contribution >= 4 is 45.8 Å². The Morgan fingerprint density at radius 1 is 1.05 bits per heavy atom. The summed E-state index contributed by atoms with van der Waals surface area (Å²) in [6, 6.07) is 13.5. The van der Waals surface area contributed by atoms with Crippen LogP contribution < -0.4 is 20.1 Å². The molecule has 1 unspecified atom stereocenters. The van der Waals surface area contributed by atoms with E-state index in [-0.39, 0.29) is 18.6 Å². The zero-order valence-electron chi connectivity index (χ0n) is 23.7. The number of halogens is 2. The van der Waals surface area contributed by atoms with E-state index < -0.39 is 0 Å². The number of amides is 1. The van der Waals surface area contributed by atoms with Gasteiger partial charge in [-0.05, 0) is 57.0 Å². The molecule has 8 nitrogen and oxygen atoms in total. The summed E-state index contributed by atoms with van der Waals surface area (Å²) in [4.78, 5) is 21.2. The first-order valence-corrected chi connectivity index (χ1v) is 14.1. The highest BCUT2D eigenvalue weighted by atomic mass is 35.5.